The largest absolute Gasteiger partial charge is 0.497 e. The van der Waals surface area contributed by atoms with Crippen LogP contribution in [0.3, 0.4) is 0 Å². The van der Waals surface area contributed by atoms with Crippen LogP contribution in [0.2, 0.25) is 0 Å². The van der Waals surface area contributed by atoms with Crippen molar-refractivity contribution in [2.24, 2.45) is 0 Å². The van der Waals surface area contributed by atoms with Crippen molar-refractivity contribution in [3.8, 4) is 5.75 Å². The van der Waals surface area contributed by atoms with Gasteiger partial charge in [-0.1, -0.05) is 23.9 Å². The Morgan fingerprint density at radius 2 is 2.18 bits per heavy atom. The van der Waals surface area contributed by atoms with Gasteiger partial charge in [-0.25, -0.2) is 4.98 Å². The Balaban J connectivity index is 1.75. The molecular formula is C15H16N2O2S3. The molecule has 1 atom stereocenters. The third kappa shape index (κ3) is 3.47. The molecular weight excluding hydrogens is 336 g/mol. The van der Waals surface area contributed by atoms with Gasteiger partial charge in [0.25, 0.3) is 5.56 Å². The molecule has 1 N–H and O–H groups in total. The number of hydrogen-bond donors (Lipinski definition) is 1. The summed E-state index contributed by atoms with van der Waals surface area (Å²) < 4.78 is 5.51. The second-order valence-electron chi connectivity index (χ2n) is 4.76. The molecule has 1 aliphatic heterocycles. The summed E-state index contributed by atoms with van der Waals surface area (Å²) in [4.78, 5) is 20.3. The van der Waals surface area contributed by atoms with Crippen LogP contribution in [0, 0.1) is 0 Å². The maximum atomic E-state index is 12.2. The molecule has 4 nitrogen and oxygen atoms in total. The lowest BCUT2D eigenvalue weighted by molar-refractivity contribution is 0.414. The molecule has 1 unspecified atom stereocenters. The van der Waals surface area contributed by atoms with Crippen LogP contribution in [-0.4, -0.2) is 27.9 Å². The van der Waals surface area contributed by atoms with Crippen LogP contribution in [0.15, 0.2) is 39.1 Å². The molecule has 1 aromatic heterocycles. The number of hydrogen-bond acceptors (Lipinski definition) is 6. The van der Waals surface area contributed by atoms with Gasteiger partial charge >= 0.3 is 0 Å². The van der Waals surface area contributed by atoms with E-state index in [0.29, 0.717) is 9.74 Å². The first-order chi connectivity index (χ1) is 10.7. The molecule has 1 aliphatic rings. The number of benzene rings is 1. The lowest BCUT2D eigenvalue weighted by Gasteiger charge is -2.22. The van der Waals surface area contributed by atoms with Crippen molar-refractivity contribution >= 4 is 35.3 Å². The predicted octanol–water partition coefficient (Wildman–Crippen LogP) is 3.41. The Kier molecular flexibility index (Phi) is 5.05. The van der Waals surface area contributed by atoms with Gasteiger partial charge in [-0.15, -0.1) is 23.5 Å². The number of H-pyrrole nitrogens is 1. The summed E-state index contributed by atoms with van der Waals surface area (Å²) in [6.45, 7) is 0. The molecule has 0 amide bonds. The Bertz CT molecular complexity index is 716. The standard InChI is InChI=1S/C15H16N2O2S3/c1-19-10-5-3-9(4-6-10)7-12-21-8-11-13(22-12)14(18)17-15(16-11)20-2/h3-6,12H,7-8H2,1-2H3,(H,16,17,18). The minimum atomic E-state index is -0.0145. The summed E-state index contributed by atoms with van der Waals surface area (Å²) in [5.41, 5.74) is 2.15. The molecule has 1 aromatic carbocycles. The molecule has 22 heavy (non-hydrogen) atoms. The molecule has 0 spiro atoms. The smallest absolute Gasteiger partial charge is 0.265 e. The fraction of sp³-hybridized carbons (Fsp3) is 0.333. The fourth-order valence-electron chi connectivity index (χ4n) is 2.19. The number of thioether (sulfide) groups is 3. The third-order valence-electron chi connectivity index (χ3n) is 3.34. The van der Waals surface area contributed by atoms with E-state index in [4.69, 9.17) is 4.74 Å². The highest BCUT2D eigenvalue weighted by atomic mass is 32.2. The van der Waals surface area contributed by atoms with Crippen molar-refractivity contribution in [1.29, 1.82) is 0 Å². The minimum Gasteiger partial charge on any atom is -0.497 e. The monoisotopic (exact) mass is 352 g/mol. The van der Waals surface area contributed by atoms with Crippen LogP contribution in [0.25, 0.3) is 0 Å². The first-order valence-electron chi connectivity index (χ1n) is 6.78. The topological polar surface area (TPSA) is 55.0 Å². The summed E-state index contributed by atoms with van der Waals surface area (Å²) in [7, 11) is 1.67. The highest BCUT2D eigenvalue weighted by molar-refractivity contribution is 8.17. The molecule has 0 aliphatic carbocycles. The van der Waals surface area contributed by atoms with Crippen molar-refractivity contribution in [3.63, 3.8) is 0 Å². The molecule has 0 fully saturated rings. The highest BCUT2D eigenvalue weighted by Crippen LogP contribution is 2.40. The summed E-state index contributed by atoms with van der Waals surface area (Å²) in [5.74, 6) is 1.66. The van der Waals surface area contributed by atoms with Gasteiger partial charge in [-0.2, -0.15) is 0 Å². The van der Waals surface area contributed by atoms with E-state index in [1.54, 1.807) is 18.9 Å². The van der Waals surface area contributed by atoms with Crippen molar-refractivity contribution in [2.45, 2.75) is 26.8 Å². The van der Waals surface area contributed by atoms with Gasteiger partial charge in [-0.05, 0) is 30.4 Å². The van der Waals surface area contributed by atoms with Gasteiger partial charge in [-0.3, -0.25) is 4.79 Å². The van der Waals surface area contributed by atoms with E-state index in [1.165, 1.54) is 17.3 Å². The molecule has 0 bridgehead atoms. The Labute approximate surface area is 141 Å². The van der Waals surface area contributed by atoms with Crippen molar-refractivity contribution < 1.29 is 4.74 Å². The van der Waals surface area contributed by atoms with Gasteiger partial charge in [0, 0.05) is 5.75 Å². The molecule has 2 heterocycles. The van der Waals surface area contributed by atoms with Gasteiger partial charge < -0.3 is 9.72 Å². The van der Waals surface area contributed by atoms with Crippen LogP contribution in [0.4, 0.5) is 0 Å². The van der Waals surface area contributed by atoms with Crippen molar-refractivity contribution in [3.05, 3.63) is 45.9 Å². The van der Waals surface area contributed by atoms with E-state index in [9.17, 15) is 4.79 Å². The van der Waals surface area contributed by atoms with Gasteiger partial charge in [0.1, 0.15) is 5.75 Å². The van der Waals surface area contributed by atoms with E-state index >= 15 is 0 Å². The maximum Gasteiger partial charge on any atom is 0.265 e. The number of methoxy groups -OCH3 is 1. The number of aromatic amines is 1. The molecule has 116 valence electrons. The van der Waals surface area contributed by atoms with Crippen LogP contribution < -0.4 is 10.3 Å². The second kappa shape index (κ2) is 7.02. The van der Waals surface area contributed by atoms with Crippen molar-refractivity contribution in [2.75, 3.05) is 13.4 Å². The van der Waals surface area contributed by atoms with Gasteiger partial charge in [0.05, 0.1) is 22.3 Å². The zero-order valence-corrected chi connectivity index (χ0v) is 14.7. The molecule has 0 saturated carbocycles. The normalized spacial score (nSPS) is 17.1. The molecule has 0 saturated heterocycles. The number of aromatic nitrogens is 2. The van der Waals surface area contributed by atoms with E-state index in [-0.39, 0.29) is 5.56 Å². The number of rotatable bonds is 4. The lowest BCUT2D eigenvalue weighted by Crippen LogP contribution is -2.20. The first-order valence-corrected chi connectivity index (χ1v) is 9.93. The zero-order chi connectivity index (χ0) is 15.5. The average molecular weight is 353 g/mol. The maximum absolute atomic E-state index is 12.2. The number of nitrogens with zero attached hydrogens (tertiary/aromatic N) is 1. The highest BCUT2D eigenvalue weighted by Gasteiger charge is 2.24. The first kappa shape index (κ1) is 15.8. The molecule has 7 heteroatoms. The quantitative estimate of drug-likeness (QED) is 0.672. The van der Waals surface area contributed by atoms with Crippen molar-refractivity contribution in [1.82, 2.24) is 9.97 Å². The molecule has 3 rings (SSSR count). The fourth-order valence-corrected chi connectivity index (χ4v) is 5.26. The number of fused-ring (bicyclic) bond motifs is 1. The van der Waals surface area contributed by atoms with Gasteiger partial charge in [0.2, 0.25) is 0 Å². The molecule has 0 radical (unpaired) electrons. The SMILES string of the molecule is COc1ccc(CC2SCc3nc(SC)[nH]c(=O)c3S2)cc1. The number of nitrogens with one attached hydrogen (secondary N) is 1. The average Bonchev–Trinajstić information content (AvgIpc) is 2.56. The van der Waals surface area contributed by atoms with Gasteiger partial charge in [0.15, 0.2) is 5.16 Å². The number of ether oxygens (including phenoxy) is 1. The van der Waals surface area contributed by atoms with E-state index in [0.717, 1.165) is 28.5 Å². The van der Waals surface area contributed by atoms with Crippen LogP contribution in [-0.2, 0) is 12.2 Å². The third-order valence-corrected chi connectivity index (χ3v) is 6.68. The Hall–Kier alpha value is -1.05. The Morgan fingerprint density at radius 1 is 1.41 bits per heavy atom. The van der Waals surface area contributed by atoms with Crippen LogP contribution in [0.1, 0.15) is 11.3 Å². The second-order valence-corrected chi connectivity index (χ2v) is 8.26. The van der Waals surface area contributed by atoms with E-state index in [2.05, 4.69) is 22.1 Å². The Morgan fingerprint density at radius 3 is 2.86 bits per heavy atom. The van der Waals surface area contributed by atoms with Crippen LogP contribution in [0.5, 0.6) is 5.75 Å². The summed E-state index contributed by atoms with van der Waals surface area (Å²) in [5, 5.41) is 0.693. The summed E-state index contributed by atoms with van der Waals surface area (Å²) in [6.07, 6.45) is 2.84. The summed E-state index contributed by atoms with van der Waals surface area (Å²) >= 11 is 4.94. The zero-order valence-electron chi connectivity index (χ0n) is 12.3. The van der Waals surface area contributed by atoms with E-state index < -0.39 is 0 Å². The predicted molar refractivity (Wildman–Crippen MR) is 94.3 cm³/mol. The van der Waals surface area contributed by atoms with E-state index in [1.807, 2.05) is 30.2 Å². The van der Waals surface area contributed by atoms with Crippen LogP contribution >= 0.6 is 35.3 Å². The molecule has 2 aromatic rings. The lowest BCUT2D eigenvalue weighted by atomic mass is 10.2. The minimum absolute atomic E-state index is 0.0145. The summed E-state index contributed by atoms with van der Waals surface area (Å²) in [6, 6.07) is 8.10.